The fourth-order valence-electron chi connectivity index (χ4n) is 4.00. The Hall–Kier alpha value is -1.61. The number of methoxy groups -OCH3 is 1. The maximum Gasteiger partial charge on any atom is 0.240 e. The van der Waals surface area contributed by atoms with Crippen molar-refractivity contribution in [1.29, 1.82) is 0 Å². The average Bonchev–Trinajstić information content (AvgIpc) is 3.21. The summed E-state index contributed by atoms with van der Waals surface area (Å²) in [6.45, 7) is 2.53. The van der Waals surface area contributed by atoms with Crippen LogP contribution in [-0.4, -0.2) is 60.8 Å². The number of ether oxygens (including phenoxy) is 2. The Balaban J connectivity index is 1.39. The van der Waals surface area contributed by atoms with E-state index in [0.29, 0.717) is 17.2 Å². The minimum absolute atomic E-state index is 0.0865. The molecule has 6 nitrogen and oxygen atoms in total. The quantitative estimate of drug-likeness (QED) is 0.885. The molecule has 1 spiro atoms. The van der Waals surface area contributed by atoms with Gasteiger partial charge in [-0.3, -0.25) is 9.69 Å². The van der Waals surface area contributed by atoms with Gasteiger partial charge in [0, 0.05) is 26.8 Å². The van der Waals surface area contributed by atoms with Crippen molar-refractivity contribution in [3.63, 3.8) is 0 Å². The number of thiazole rings is 1. The third-order valence-electron chi connectivity index (χ3n) is 5.17. The minimum atomic E-state index is -0.304. The molecule has 8 heteroatoms. The Morgan fingerprint density at radius 2 is 2.46 bits per heavy atom. The van der Waals surface area contributed by atoms with Crippen LogP contribution in [0.5, 0.6) is 0 Å². The van der Waals surface area contributed by atoms with E-state index in [1.54, 1.807) is 13.2 Å². The molecule has 0 unspecified atom stereocenters. The van der Waals surface area contributed by atoms with Crippen LogP contribution in [0.1, 0.15) is 19.3 Å². The molecule has 0 saturated carbocycles. The van der Waals surface area contributed by atoms with E-state index in [9.17, 15) is 9.18 Å². The normalized spacial score (nSPS) is 26.6. The molecule has 0 aliphatic carbocycles. The second kappa shape index (κ2) is 7.19. The molecule has 2 saturated heterocycles. The lowest BCUT2D eigenvalue weighted by molar-refractivity contribution is -0.146. The maximum absolute atomic E-state index is 13.3. The number of aromatic nitrogens is 1. The highest BCUT2D eigenvalue weighted by molar-refractivity contribution is 7.22. The lowest BCUT2D eigenvalue weighted by Crippen LogP contribution is -2.58. The van der Waals surface area contributed by atoms with E-state index in [2.05, 4.69) is 15.2 Å². The van der Waals surface area contributed by atoms with E-state index in [4.69, 9.17) is 9.47 Å². The molecule has 1 aromatic carbocycles. The van der Waals surface area contributed by atoms with E-state index >= 15 is 0 Å². The second-order valence-corrected chi connectivity index (χ2v) is 7.95. The average molecular weight is 379 g/mol. The minimum Gasteiger partial charge on any atom is -0.378 e. The van der Waals surface area contributed by atoms with Crippen molar-refractivity contribution < 1.29 is 18.7 Å². The van der Waals surface area contributed by atoms with Crippen molar-refractivity contribution in [2.75, 3.05) is 38.7 Å². The van der Waals surface area contributed by atoms with Crippen LogP contribution in [0.25, 0.3) is 10.2 Å². The van der Waals surface area contributed by atoms with Gasteiger partial charge < -0.3 is 14.8 Å². The topological polar surface area (TPSA) is 63.7 Å². The number of nitrogens with one attached hydrogen (secondary N) is 1. The van der Waals surface area contributed by atoms with Gasteiger partial charge in [-0.1, -0.05) is 11.3 Å². The standard InChI is InChI=1S/C18H22FN3O3S/c1-24-15-5-7-22(11-18(15)6-2-8-25-18)10-16(23)21-17-20-13-4-3-12(19)9-14(13)26-17/h3-4,9,15H,2,5-8,10-11H2,1H3,(H,20,21,23)/t15-,18-/m0/s1. The van der Waals surface area contributed by atoms with Gasteiger partial charge in [-0.15, -0.1) is 0 Å². The molecule has 1 N–H and O–H groups in total. The summed E-state index contributed by atoms with van der Waals surface area (Å²) in [7, 11) is 1.73. The second-order valence-electron chi connectivity index (χ2n) is 6.92. The Labute approximate surface area is 155 Å². The summed E-state index contributed by atoms with van der Waals surface area (Å²) in [4.78, 5) is 18.9. The Bertz CT molecular complexity index is 806. The van der Waals surface area contributed by atoms with Crippen molar-refractivity contribution in [3.05, 3.63) is 24.0 Å². The number of anilines is 1. The van der Waals surface area contributed by atoms with E-state index in [1.165, 1.54) is 23.5 Å². The lowest BCUT2D eigenvalue weighted by Gasteiger charge is -2.44. The summed E-state index contributed by atoms with van der Waals surface area (Å²) >= 11 is 1.28. The van der Waals surface area contributed by atoms with Crippen LogP contribution >= 0.6 is 11.3 Å². The molecule has 0 bridgehead atoms. The number of nitrogens with zero attached hydrogens (tertiary/aromatic N) is 2. The number of halogens is 1. The number of rotatable bonds is 4. The van der Waals surface area contributed by atoms with Gasteiger partial charge in [-0.2, -0.15) is 0 Å². The zero-order valence-electron chi connectivity index (χ0n) is 14.7. The van der Waals surface area contributed by atoms with E-state index < -0.39 is 0 Å². The molecule has 1 amide bonds. The molecular weight excluding hydrogens is 357 g/mol. The Kier molecular flexibility index (Phi) is 4.92. The van der Waals surface area contributed by atoms with Crippen LogP contribution in [0.4, 0.5) is 9.52 Å². The zero-order valence-corrected chi connectivity index (χ0v) is 15.5. The molecule has 2 fully saturated rings. The first-order valence-corrected chi connectivity index (χ1v) is 9.65. The van der Waals surface area contributed by atoms with Crippen LogP contribution in [0.2, 0.25) is 0 Å². The number of hydrogen-bond donors (Lipinski definition) is 1. The van der Waals surface area contributed by atoms with Gasteiger partial charge in [0.1, 0.15) is 11.4 Å². The van der Waals surface area contributed by atoms with Crippen LogP contribution in [0.15, 0.2) is 18.2 Å². The van der Waals surface area contributed by atoms with Gasteiger partial charge in [-0.05, 0) is 37.5 Å². The first-order chi connectivity index (χ1) is 12.6. The molecule has 26 heavy (non-hydrogen) atoms. The highest BCUT2D eigenvalue weighted by Gasteiger charge is 2.47. The van der Waals surface area contributed by atoms with Crippen molar-refractivity contribution >= 4 is 32.6 Å². The molecule has 2 aromatic rings. The summed E-state index contributed by atoms with van der Waals surface area (Å²) in [6.07, 6.45) is 2.93. The third-order valence-corrected chi connectivity index (χ3v) is 6.10. The van der Waals surface area contributed by atoms with Gasteiger partial charge in [0.05, 0.1) is 22.9 Å². The summed E-state index contributed by atoms with van der Waals surface area (Å²) in [5.74, 6) is -0.421. The number of benzene rings is 1. The number of amides is 1. The molecule has 1 aromatic heterocycles. The number of likely N-dealkylation sites (tertiary alicyclic amines) is 1. The fourth-order valence-corrected chi connectivity index (χ4v) is 4.91. The van der Waals surface area contributed by atoms with Gasteiger partial charge in [0.2, 0.25) is 5.91 Å². The molecule has 4 rings (SSSR count). The summed E-state index contributed by atoms with van der Waals surface area (Å²) in [6, 6.07) is 4.42. The van der Waals surface area contributed by atoms with Gasteiger partial charge >= 0.3 is 0 Å². The monoisotopic (exact) mass is 379 g/mol. The molecule has 2 aliphatic heterocycles. The van der Waals surface area contributed by atoms with Crippen molar-refractivity contribution in [1.82, 2.24) is 9.88 Å². The third kappa shape index (κ3) is 3.46. The van der Waals surface area contributed by atoms with Gasteiger partial charge in [-0.25, -0.2) is 9.37 Å². The highest BCUT2D eigenvalue weighted by atomic mass is 32.1. The van der Waals surface area contributed by atoms with Crippen LogP contribution in [0, 0.1) is 5.82 Å². The SMILES string of the molecule is CO[C@H]1CCN(CC(=O)Nc2nc3ccc(F)cc3s2)C[C@@]12CCCO2. The predicted octanol–water partition coefficient (Wildman–Crippen LogP) is 2.64. The lowest BCUT2D eigenvalue weighted by atomic mass is 9.87. The molecule has 2 atom stereocenters. The fraction of sp³-hybridized carbons (Fsp3) is 0.556. The smallest absolute Gasteiger partial charge is 0.240 e. The summed E-state index contributed by atoms with van der Waals surface area (Å²) in [5, 5.41) is 3.33. The van der Waals surface area contributed by atoms with Crippen LogP contribution in [-0.2, 0) is 14.3 Å². The molecule has 2 aliphatic rings. The van der Waals surface area contributed by atoms with Crippen molar-refractivity contribution in [2.45, 2.75) is 31.0 Å². The zero-order chi connectivity index (χ0) is 18.1. The first kappa shape index (κ1) is 17.8. The summed E-state index contributed by atoms with van der Waals surface area (Å²) < 4.78 is 25.7. The first-order valence-electron chi connectivity index (χ1n) is 8.83. The van der Waals surface area contributed by atoms with E-state index in [0.717, 1.165) is 37.1 Å². The molecule has 3 heterocycles. The number of carbonyl (C=O) groups excluding carboxylic acids is 1. The van der Waals surface area contributed by atoms with Crippen molar-refractivity contribution in [2.24, 2.45) is 0 Å². The maximum atomic E-state index is 13.3. The Morgan fingerprint density at radius 3 is 3.23 bits per heavy atom. The number of hydrogen-bond acceptors (Lipinski definition) is 6. The largest absolute Gasteiger partial charge is 0.378 e. The van der Waals surface area contributed by atoms with Gasteiger partial charge in [0.25, 0.3) is 0 Å². The number of carbonyl (C=O) groups is 1. The van der Waals surface area contributed by atoms with Crippen LogP contribution in [0.3, 0.4) is 0 Å². The summed E-state index contributed by atoms with van der Waals surface area (Å²) in [5.41, 5.74) is 0.395. The molecule has 0 radical (unpaired) electrons. The van der Waals surface area contributed by atoms with Crippen LogP contribution < -0.4 is 5.32 Å². The van der Waals surface area contributed by atoms with E-state index in [-0.39, 0.29) is 30.0 Å². The molecular formula is C18H22FN3O3S. The van der Waals surface area contributed by atoms with E-state index in [1.807, 2.05) is 0 Å². The van der Waals surface area contributed by atoms with Gasteiger partial charge in [0.15, 0.2) is 5.13 Å². The molecule has 140 valence electrons. The Morgan fingerprint density at radius 1 is 1.58 bits per heavy atom. The predicted molar refractivity (Wildman–Crippen MR) is 98.0 cm³/mol. The number of piperidine rings is 1. The number of fused-ring (bicyclic) bond motifs is 1. The van der Waals surface area contributed by atoms with Crippen molar-refractivity contribution in [3.8, 4) is 0 Å². The highest BCUT2D eigenvalue weighted by Crippen LogP contribution is 2.36.